The standard InChI is InChI=1S/C26H27ClN6O5S/c1-26(2,3)25(37)33-22(28-11-17-6-7-21(27)39-17)9-19(30-33)18-8-15(23(35)31(4)5)12-32(24(18)36)13-20(34)16-10-29-38-14-16/h6-10,12,14,28H,11,13H2,1-5H3. The van der Waals surface area contributed by atoms with Crippen molar-refractivity contribution >= 4 is 46.4 Å². The second-order valence-electron chi connectivity index (χ2n) is 10.1. The summed E-state index contributed by atoms with van der Waals surface area (Å²) in [5.74, 6) is -0.737. The zero-order valence-corrected chi connectivity index (χ0v) is 23.6. The largest absolute Gasteiger partial charge is 0.365 e. The molecule has 1 N–H and O–H groups in total. The summed E-state index contributed by atoms with van der Waals surface area (Å²) in [6, 6.07) is 6.64. The molecule has 4 rings (SSSR count). The molecule has 0 aliphatic carbocycles. The van der Waals surface area contributed by atoms with Crippen molar-refractivity contribution in [1.29, 1.82) is 0 Å². The van der Waals surface area contributed by atoms with Gasteiger partial charge in [0.2, 0.25) is 0 Å². The molecule has 0 saturated heterocycles. The van der Waals surface area contributed by atoms with Crippen LogP contribution in [0.25, 0.3) is 11.3 Å². The number of hydrogen-bond acceptors (Lipinski definition) is 9. The molecule has 13 heteroatoms. The molecule has 0 aromatic carbocycles. The topological polar surface area (TPSA) is 132 Å². The van der Waals surface area contributed by atoms with Gasteiger partial charge in [0.1, 0.15) is 17.8 Å². The molecule has 11 nitrogen and oxygen atoms in total. The van der Waals surface area contributed by atoms with Crippen LogP contribution in [-0.4, -0.2) is 56.1 Å². The van der Waals surface area contributed by atoms with Crippen LogP contribution in [0.1, 0.15) is 51.2 Å². The van der Waals surface area contributed by atoms with Crippen LogP contribution in [0.2, 0.25) is 4.34 Å². The SMILES string of the molecule is CN(C)C(=O)c1cc(-c2cc(NCc3ccc(Cl)s3)n(C(=O)C(C)(C)C)n2)c(=O)n(CC(=O)c2cnoc2)c1. The summed E-state index contributed by atoms with van der Waals surface area (Å²) in [5.41, 5.74) is -0.743. The van der Waals surface area contributed by atoms with Crippen LogP contribution in [-0.2, 0) is 13.1 Å². The van der Waals surface area contributed by atoms with E-state index in [2.05, 4.69) is 15.6 Å². The number of nitrogens with zero attached hydrogens (tertiary/aromatic N) is 5. The summed E-state index contributed by atoms with van der Waals surface area (Å²) in [5, 5.41) is 11.2. The van der Waals surface area contributed by atoms with Crippen molar-refractivity contribution in [3.8, 4) is 11.3 Å². The number of carbonyl (C=O) groups excluding carboxylic acids is 3. The van der Waals surface area contributed by atoms with Gasteiger partial charge in [-0.3, -0.25) is 19.2 Å². The molecule has 39 heavy (non-hydrogen) atoms. The fraction of sp³-hybridized carbons (Fsp3) is 0.308. The van der Waals surface area contributed by atoms with Crippen molar-refractivity contribution in [2.24, 2.45) is 5.41 Å². The van der Waals surface area contributed by atoms with Gasteiger partial charge in [0, 0.05) is 36.7 Å². The van der Waals surface area contributed by atoms with E-state index < -0.39 is 16.8 Å². The molecular formula is C26H27ClN6O5S. The summed E-state index contributed by atoms with van der Waals surface area (Å²) in [6.07, 6.45) is 3.76. The highest BCUT2D eigenvalue weighted by molar-refractivity contribution is 7.16. The van der Waals surface area contributed by atoms with Crippen LogP contribution in [0.4, 0.5) is 5.82 Å². The molecule has 0 aliphatic rings. The molecule has 1 amide bonds. The number of ketones is 1. The van der Waals surface area contributed by atoms with Crippen molar-refractivity contribution in [3.05, 3.63) is 73.6 Å². The first-order valence-corrected chi connectivity index (χ1v) is 13.1. The molecule has 0 unspecified atom stereocenters. The molecule has 0 atom stereocenters. The van der Waals surface area contributed by atoms with E-state index >= 15 is 0 Å². The van der Waals surface area contributed by atoms with Gasteiger partial charge in [-0.15, -0.1) is 11.3 Å². The Labute approximate surface area is 233 Å². The molecule has 204 valence electrons. The quantitative estimate of drug-likeness (QED) is 0.310. The number of aromatic nitrogens is 4. The second-order valence-corrected chi connectivity index (χ2v) is 11.9. The monoisotopic (exact) mass is 570 g/mol. The van der Waals surface area contributed by atoms with Crippen LogP contribution >= 0.6 is 22.9 Å². The molecule has 0 bridgehead atoms. The number of Topliss-reactive ketones (excluding diaryl/α,β-unsaturated/α-hetero) is 1. The molecule has 0 radical (unpaired) electrons. The molecule has 0 fully saturated rings. The van der Waals surface area contributed by atoms with E-state index in [1.54, 1.807) is 47.0 Å². The zero-order valence-electron chi connectivity index (χ0n) is 22.0. The Bertz CT molecular complexity index is 1590. The third kappa shape index (κ3) is 6.18. The highest BCUT2D eigenvalue weighted by Crippen LogP contribution is 2.27. The molecule has 0 spiro atoms. The predicted octanol–water partition coefficient (Wildman–Crippen LogP) is 4.30. The van der Waals surface area contributed by atoms with Gasteiger partial charge in [-0.1, -0.05) is 37.5 Å². The van der Waals surface area contributed by atoms with Crippen molar-refractivity contribution in [3.63, 3.8) is 0 Å². The summed E-state index contributed by atoms with van der Waals surface area (Å²) in [7, 11) is 3.16. The van der Waals surface area contributed by atoms with Crippen molar-refractivity contribution in [2.75, 3.05) is 19.4 Å². The summed E-state index contributed by atoms with van der Waals surface area (Å²) >= 11 is 7.45. The minimum atomic E-state index is -0.778. The minimum Gasteiger partial charge on any atom is -0.365 e. The summed E-state index contributed by atoms with van der Waals surface area (Å²) < 4.78 is 7.73. The van der Waals surface area contributed by atoms with Crippen LogP contribution in [0.15, 0.2) is 52.2 Å². The van der Waals surface area contributed by atoms with Gasteiger partial charge in [-0.25, -0.2) is 0 Å². The normalized spacial score (nSPS) is 11.4. The Morgan fingerprint density at radius 1 is 1.15 bits per heavy atom. The Balaban J connectivity index is 1.81. The highest BCUT2D eigenvalue weighted by atomic mass is 35.5. The van der Waals surface area contributed by atoms with Gasteiger partial charge < -0.3 is 19.3 Å². The van der Waals surface area contributed by atoms with Gasteiger partial charge in [0.25, 0.3) is 17.4 Å². The average Bonchev–Trinajstić information content (AvgIpc) is 3.63. The fourth-order valence-electron chi connectivity index (χ4n) is 3.64. The average molecular weight is 571 g/mol. The van der Waals surface area contributed by atoms with Crippen LogP contribution < -0.4 is 10.9 Å². The lowest BCUT2D eigenvalue weighted by molar-refractivity contribution is 0.0751. The zero-order chi connectivity index (χ0) is 28.5. The maximum atomic E-state index is 13.6. The van der Waals surface area contributed by atoms with E-state index in [0.717, 1.165) is 9.44 Å². The maximum absolute atomic E-state index is 13.6. The van der Waals surface area contributed by atoms with Crippen LogP contribution in [0.3, 0.4) is 0 Å². The van der Waals surface area contributed by atoms with E-state index in [1.165, 1.54) is 45.6 Å². The summed E-state index contributed by atoms with van der Waals surface area (Å²) in [4.78, 5) is 54.8. The fourth-order valence-corrected chi connectivity index (χ4v) is 4.66. The maximum Gasteiger partial charge on any atom is 0.260 e. The van der Waals surface area contributed by atoms with Gasteiger partial charge in [-0.05, 0) is 18.2 Å². The number of halogens is 1. The Hall–Kier alpha value is -4.03. The Kier molecular flexibility index (Phi) is 7.89. The lowest BCUT2D eigenvalue weighted by Gasteiger charge is -2.18. The smallest absolute Gasteiger partial charge is 0.260 e. The molecule has 4 heterocycles. The molecule has 4 aromatic heterocycles. The molecular weight excluding hydrogens is 544 g/mol. The number of thiophene rings is 1. The van der Waals surface area contributed by atoms with E-state index in [1.807, 2.05) is 6.07 Å². The first-order valence-electron chi connectivity index (χ1n) is 11.9. The van der Waals surface area contributed by atoms with Crippen molar-refractivity contribution in [2.45, 2.75) is 33.9 Å². The van der Waals surface area contributed by atoms with Gasteiger partial charge in [0.15, 0.2) is 5.78 Å². The highest BCUT2D eigenvalue weighted by Gasteiger charge is 2.28. The third-order valence-electron chi connectivity index (χ3n) is 5.70. The predicted molar refractivity (Wildman–Crippen MR) is 148 cm³/mol. The van der Waals surface area contributed by atoms with Gasteiger partial charge in [-0.2, -0.15) is 9.78 Å². The number of anilines is 1. The minimum absolute atomic E-state index is 0.0588. The molecule has 4 aromatic rings. The Morgan fingerprint density at radius 2 is 1.90 bits per heavy atom. The first-order chi connectivity index (χ1) is 18.3. The number of pyridine rings is 1. The number of rotatable bonds is 8. The van der Waals surface area contributed by atoms with Crippen LogP contribution in [0.5, 0.6) is 0 Å². The van der Waals surface area contributed by atoms with Crippen LogP contribution in [0, 0.1) is 5.41 Å². The third-order valence-corrected chi connectivity index (χ3v) is 6.93. The lowest BCUT2D eigenvalue weighted by Crippen LogP contribution is -2.30. The number of nitrogens with one attached hydrogen (secondary N) is 1. The molecule has 0 saturated carbocycles. The Morgan fingerprint density at radius 3 is 2.49 bits per heavy atom. The number of hydrogen-bond donors (Lipinski definition) is 1. The lowest BCUT2D eigenvalue weighted by atomic mass is 9.96. The molecule has 0 aliphatic heterocycles. The van der Waals surface area contributed by atoms with Gasteiger partial charge in [0.05, 0.1) is 40.3 Å². The number of amides is 1. The first kappa shape index (κ1) is 28.0. The van der Waals surface area contributed by atoms with E-state index in [-0.39, 0.29) is 40.7 Å². The number of carbonyl (C=O) groups is 3. The van der Waals surface area contributed by atoms with E-state index in [9.17, 15) is 19.2 Å². The second kappa shape index (κ2) is 11.0. The summed E-state index contributed by atoms with van der Waals surface area (Å²) in [6.45, 7) is 5.31. The van der Waals surface area contributed by atoms with E-state index in [0.29, 0.717) is 16.7 Å². The van der Waals surface area contributed by atoms with E-state index in [4.69, 9.17) is 16.1 Å². The van der Waals surface area contributed by atoms with Crippen molar-refractivity contribution < 1.29 is 18.9 Å². The van der Waals surface area contributed by atoms with Gasteiger partial charge >= 0.3 is 0 Å². The van der Waals surface area contributed by atoms with Crippen molar-refractivity contribution in [1.82, 2.24) is 24.4 Å².